The van der Waals surface area contributed by atoms with E-state index in [-0.39, 0.29) is 6.10 Å². The number of hydrogen-bond donors (Lipinski definition) is 2. The maximum Gasteiger partial charge on any atom is 0.342 e. The molecule has 136 valence electrons. The molecule has 0 aliphatic rings. The van der Waals surface area contributed by atoms with Crippen molar-refractivity contribution < 1.29 is 18.6 Å². The summed E-state index contributed by atoms with van der Waals surface area (Å²) < 4.78 is 25.6. The Morgan fingerprint density at radius 1 is 1.25 bits per heavy atom. The first-order valence-corrected chi connectivity index (χ1v) is 8.24. The van der Waals surface area contributed by atoms with Crippen LogP contribution >= 0.6 is 0 Å². The topological polar surface area (TPSA) is 48.5 Å². The Kier molecular flexibility index (Phi) is 8.71. The Bertz CT molecular complexity index is 597. The van der Waals surface area contributed by atoms with Crippen molar-refractivity contribution >= 4 is 10.9 Å². The molecule has 0 unspecified atom stereocenters. The van der Waals surface area contributed by atoms with Crippen molar-refractivity contribution in [2.45, 2.75) is 46.3 Å². The molecule has 2 rings (SSSR count). The molecule has 0 fully saturated rings. The number of nitrogens with zero attached hydrogens (tertiary/aromatic N) is 1. The smallest absolute Gasteiger partial charge is 0.342 e. The molecular formula is C18H28F2N2O2. The van der Waals surface area contributed by atoms with Gasteiger partial charge in [-0.05, 0) is 64.0 Å². The molecule has 2 aromatic rings. The zero-order valence-corrected chi connectivity index (χ0v) is 14.9. The number of likely N-dealkylation sites (N-methyl/N-ethyl adjacent to an activating group) is 1. The van der Waals surface area contributed by atoms with E-state index in [1.807, 2.05) is 6.07 Å². The minimum absolute atomic E-state index is 0.213. The number of aromatic amines is 1. The molecule has 0 saturated heterocycles. The zero-order chi connectivity index (χ0) is 18.1. The van der Waals surface area contributed by atoms with Gasteiger partial charge in [0.25, 0.3) is 0 Å². The van der Waals surface area contributed by atoms with Gasteiger partial charge in [0.2, 0.25) is 0 Å². The fourth-order valence-corrected chi connectivity index (χ4v) is 2.51. The minimum Gasteiger partial charge on any atom is -0.491 e. The third-order valence-corrected chi connectivity index (χ3v) is 3.48. The summed E-state index contributed by atoms with van der Waals surface area (Å²) in [6, 6.07) is 6.29. The molecule has 0 bridgehead atoms. The van der Waals surface area contributed by atoms with Crippen LogP contribution in [0, 0.1) is 0 Å². The summed E-state index contributed by atoms with van der Waals surface area (Å²) in [6.45, 7) is 5.42. The second kappa shape index (κ2) is 10.3. The van der Waals surface area contributed by atoms with Crippen molar-refractivity contribution in [3.05, 3.63) is 30.0 Å². The lowest BCUT2D eigenvalue weighted by atomic mass is 10.1. The summed E-state index contributed by atoms with van der Waals surface area (Å²) >= 11 is 0. The molecule has 0 saturated carbocycles. The van der Waals surface area contributed by atoms with Gasteiger partial charge in [-0.3, -0.25) is 0 Å². The number of fused-ring (bicyclic) bond motifs is 1. The lowest BCUT2D eigenvalue weighted by Crippen LogP contribution is -2.21. The molecule has 4 nitrogen and oxygen atoms in total. The number of hydrogen-bond acceptors (Lipinski definition) is 3. The van der Waals surface area contributed by atoms with Gasteiger partial charge in [-0.1, -0.05) is 6.92 Å². The molecule has 0 aliphatic carbocycles. The molecule has 0 radical (unpaired) electrons. The van der Waals surface area contributed by atoms with Gasteiger partial charge < -0.3 is 19.7 Å². The first kappa shape index (κ1) is 20.4. The van der Waals surface area contributed by atoms with Gasteiger partial charge in [0.1, 0.15) is 5.75 Å². The number of alkyl halides is 2. The van der Waals surface area contributed by atoms with Crippen molar-refractivity contribution in [2.24, 2.45) is 0 Å². The van der Waals surface area contributed by atoms with Crippen molar-refractivity contribution in [3.8, 4) is 5.75 Å². The van der Waals surface area contributed by atoms with Crippen LogP contribution in [-0.4, -0.2) is 47.8 Å². The number of rotatable bonds is 7. The average Bonchev–Trinajstić information content (AvgIpc) is 2.86. The fraction of sp³-hybridized carbons (Fsp3) is 0.556. The number of aromatic nitrogens is 1. The van der Waals surface area contributed by atoms with Crippen LogP contribution in [0.4, 0.5) is 8.78 Å². The molecule has 2 N–H and O–H groups in total. The molecule has 0 aliphatic heterocycles. The van der Waals surface area contributed by atoms with Crippen LogP contribution in [-0.2, 0) is 6.42 Å². The normalized spacial score (nSPS) is 11.2. The van der Waals surface area contributed by atoms with Crippen LogP contribution in [0.2, 0.25) is 0 Å². The number of benzene rings is 1. The van der Waals surface area contributed by atoms with E-state index in [1.54, 1.807) is 0 Å². The minimum atomic E-state index is -3.17. The summed E-state index contributed by atoms with van der Waals surface area (Å²) in [5.41, 5.74) is 2.56. The van der Waals surface area contributed by atoms with E-state index < -0.39 is 6.61 Å². The van der Waals surface area contributed by atoms with Gasteiger partial charge in [0.15, 0.2) is 0 Å². The van der Waals surface area contributed by atoms with Gasteiger partial charge in [-0.2, -0.15) is 8.78 Å². The van der Waals surface area contributed by atoms with Gasteiger partial charge in [0.05, 0.1) is 6.10 Å². The molecule has 1 aromatic carbocycles. The maximum absolute atomic E-state index is 9.89. The van der Waals surface area contributed by atoms with Gasteiger partial charge >= 0.3 is 6.61 Å². The monoisotopic (exact) mass is 342 g/mol. The number of aliphatic hydroxyl groups is 1. The Hall–Kier alpha value is -1.66. The number of halogens is 2. The van der Waals surface area contributed by atoms with Crippen LogP contribution in [0.5, 0.6) is 5.75 Å². The number of nitrogens with one attached hydrogen (secondary N) is 1. The fourth-order valence-electron chi connectivity index (χ4n) is 2.51. The van der Waals surface area contributed by atoms with Crippen LogP contribution in [0.15, 0.2) is 24.4 Å². The van der Waals surface area contributed by atoms with Crippen molar-refractivity contribution in [1.29, 1.82) is 0 Å². The Morgan fingerprint density at radius 3 is 2.50 bits per heavy atom. The Labute approximate surface area is 142 Å². The number of H-pyrrole nitrogens is 1. The Morgan fingerprint density at radius 2 is 1.92 bits per heavy atom. The number of aliphatic hydroxyl groups excluding tert-OH is 1. The van der Waals surface area contributed by atoms with Crippen LogP contribution < -0.4 is 4.74 Å². The highest BCUT2D eigenvalue weighted by atomic mass is 19.3. The quantitative estimate of drug-likeness (QED) is 0.798. The molecule has 1 aromatic heterocycles. The lowest BCUT2D eigenvalue weighted by molar-refractivity contribution is -0.0728. The first-order chi connectivity index (χ1) is 11.3. The highest BCUT2D eigenvalue weighted by molar-refractivity contribution is 5.84. The van der Waals surface area contributed by atoms with Crippen molar-refractivity contribution in [3.63, 3.8) is 0 Å². The molecule has 0 spiro atoms. The van der Waals surface area contributed by atoms with Crippen LogP contribution in [0.25, 0.3) is 10.9 Å². The maximum atomic E-state index is 9.89. The highest BCUT2D eigenvalue weighted by Gasteiger charge is 2.07. The largest absolute Gasteiger partial charge is 0.491 e. The summed E-state index contributed by atoms with van der Waals surface area (Å²) in [6.07, 6.45) is 4.62. The lowest BCUT2D eigenvalue weighted by Gasteiger charge is -2.15. The van der Waals surface area contributed by atoms with Crippen LogP contribution in [0.1, 0.15) is 32.8 Å². The van der Waals surface area contributed by atoms with E-state index in [4.69, 9.17) is 9.84 Å². The third-order valence-electron chi connectivity index (χ3n) is 3.48. The molecule has 0 atom stereocenters. The van der Waals surface area contributed by atoms with Gasteiger partial charge in [-0.15, -0.1) is 0 Å². The highest BCUT2D eigenvalue weighted by Crippen LogP contribution is 2.24. The Balaban J connectivity index is 0.000000648. The van der Waals surface area contributed by atoms with Gasteiger partial charge in [-0.25, -0.2) is 0 Å². The van der Waals surface area contributed by atoms with Crippen molar-refractivity contribution in [1.82, 2.24) is 9.88 Å². The average molecular weight is 342 g/mol. The molecule has 24 heavy (non-hydrogen) atoms. The molecule has 0 amide bonds. The summed E-state index contributed by atoms with van der Waals surface area (Å²) in [7, 11) is 2.19. The van der Waals surface area contributed by atoms with Crippen molar-refractivity contribution in [2.75, 3.05) is 20.1 Å². The molecule has 1 heterocycles. The summed E-state index contributed by atoms with van der Waals surface area (Å²) in [5, 5.41) is 8.01. The van der Waals surface area contributed by atoms with E-state index in [0.717, 1.165) is 25.3 Å². The summed E-state index contributed by atoms with van der Waals surface area (Å²) in [4.78, 5) is 5.73. The van der Waals surface area contributed by atoms with E-state index in [1.165, 1.54) is 22.9 Å². The van der Waals surface area contributed by atoms with E-state index in [2.05, 4.69) is 56.0 Å². The van der Waals surface area contributed by atoms with E-state index in [0.29, 0.717) is 0 Å². The van der Waals surface area contributed by atoms with E-state index >= 15 is 0 Å². The summed E-state index contributed by atoms with van der Waals surface area (Å²) in [5.74, 6) is 0.954. The molecule has 6 heteroatoms. The molecular weight excluding hydrogens is 314 g/mol. The zero-order valence-electron chi connectivity index (χ0n) is 14.9. The van der Waals surface area contributed by atoms with E-state index in [9.17, 15) is 8.78 Å². The third kappa shape index (κ3) is 7.27. The van der Waals surface area contributed by atoms with Crippen LogP contribution in [0.3, 0.4) is 0 Å². The van der Waals surface area contributed by atoms with Gasteiger partial charge in [0, 0.05) is 23.6 Å². The predicted octanol–water partition coefficient (Wildman–Crippen LogP) is 4.04. The second-order valence-electron chi connectivity index (χ2n) is 6.02. The predicted molar refractivity (Wildman–Crippen MR) is 93.8 cm³/mol. The first-order valence-electron chi connectivity index (χ1n) is 8.24. The number of ether oxygens (including phenoxy) is 1. The standard InChI is InChI=1S/C17H26N2O.CH2F2O/c1-5-9-19(4)10-8-14-12-18-17-7-6-15(11-16(14)17)20-13(2)3;2-1(3)4/h6-7,11-13,18H,5,8-10H2,1-4H3;1,4H. The SMILES string of the molecule is CCCN(C)CCc1c[nH]c2ccc(OC(C)C)cc12.OC(F)F. The second-order valence-corrected chi connectivity index (χ2v) is 6.02.